The minimum absolute atomic E-state index is 0. The van der Waals surface area contributed by atoms with E-state index in [1.54, 1.807) is 0 Å². The molecule has 3 rings (SSSR count). The number of likely N-dealkylation sites (tertiary alicyclic amines) is 1. The lowest BCUT2D eigenvalue weighted by Gasteiger charge is -2.38. The highest BCUT2D eigenvalue weighted by Gasteiger charge is 2.25. The number of halogens is 3. The van der Waals surface area contributed by atoms with Crippen LogP contribution in [0.2, 0.25) is 5.02 Å². The molecule has 0 aromatic heterocycles. The van der Waals surface area contributed by atoms with Crippen molar-refractivity contribution >= 4 is 48.0 Å². The Morgan fingerprint density at radius 2 is 1.92 bits per heavy atom. The molecule has 0 radical (unpaired) electrons. The molecule has 5 nitrogen and oxygen atoms in total. The van der Waals surface area contributed by atoms with Gasteiger partial charge in [0, 0.05) is 49.5 Å². The van der Waals surface area contributed by atoms with Crippen LogP contribution in [-0.4, -0.2) is 74.6 Å². The first-order chi connectivity index (χ1) is 11.7. The Balaban J connectivity index is 0.00000169. The summed E-state index contributed by atoms with van der Waals surface area (Å²) in [7, 11) is 2.01. The van der Waals surface area contributed by atoms with E-state index in [0.717, 1.165) is 50.0 Å². The first-order valence-electron chi connectivity index (χ1n) is 8.83. The number of piperazine rings is 1. The maximum Gasteiger partial charge on any atom is 0.236 e. The number of hydrogen-bond donors (Lipinski definition) is 1. The molecule has 1 aromatic rings. The average Bonchev–Trinajstić information content (AvgIpc) is 2.62. The standard InChI is InChI=1S/C18H27ClN4O.2ClH/c1-20-16-5-3-7-21(13-16)14-18(24)23-10-8-22(9-11-23)17-6-2-4-15(19)12-17;;/h2,4,6,12,16,20H,3,5,7-11,13-14H2,1H3;2*1H. The number of hydrogen-bond acceptors (Lipinski definition) is 4. The fourth-order valence-electron chi connectivity index (χ4n) is 3.61. The van der Waals surface area contributed by atoms with Crippen LogP contribution in [0.4, 0.5) is 5.69 Å². The van der Waals surface area contributed by atoms with Gasteiger partial charge in [-0.2, -0.15) is 0 Å². The molecule has 26 heavy (non-hydrogen) atoms. The average molecular weight is 424 g/mol. The molecule has 8 heteroatoms. The van der Waals surface area contributed by atoms with E-state index in [0.29, 0.717) is 12.6 Å². The summed E-state index contributed by atoms with van der Waals surface area (Å²) >= 11 is 6.07. The Kier molecular flexibility index (Phi) is 10.0. The molecule has 0 aliphatic carbocycles. The van der Waals surface area contributed by atoms with Crippen LogP contribution < -0.4 is 10.2 Å². The highest BCUT2D eigenvalue weighted by molar-refractivity contribution is 6.30. The smallest absolute Gasteiger partial charge is 0.236 e. The number of carbonyl (C=O) groups excluding carboxylic acids is 1. The van der Waals surface area contributed by atoms with Gasteiger partial charge >= 0.3 is 0 Å². The zero-order valence-corrected chi connectivity index (χ0v) is 17.6. The number of likely N-dealkylation sites (N-methyl/N-ethyl adjacent to an activating group) is 1. The molecule has 1 amide bonds. The summed E-state index contributed by atoms with van der Waals surface area (Å²) in [6, 6.07) is 8.46. The van der Waals surface area contributed by atoms with Crippen LogP contribution in [0.1, 0.15) is 12.8 Å². The van der Waals surface area contributed by atoms with Gasteiger partial charge < -0.3 is 15.1 Å². The SMILES string of the molecule is CNC1CCCN(CC(=O)N2CCN(c3cccc(Cl)c3)CC2)C1.Cl.Cl. The van der Waals surface area contributed by atoms with E-state index in [-0.39, 0.29) is 30.7 Å². The third-order valence-electron chi connectivity index (χ3n) is 5.08. The molecule has 0 bridgehead atoms. The largest absolute Gasteiger partial charge is 0.368 e. The Morgan fingerprint density at radius 3 is 2.58 bits per heavy atom. The fourth-order valence-corrected chi connectivity index (χ4v) is 3.80. The van der Waals surface area contributed by atoms with Crippen molar-refractivity contribution in [2.75, 3.05) is 57.8 Å². The molecule has 1 aromatic carbocycles. The molecule has 2 aliphatic heterocycles. The second-order valence-electron chi connectivity index (χ2n) is 6.71. The third kappa shape index (κ3) is 6.17. The molecule has 2 aliphatic rings. The van der Waals surface area contributed by atoms with Crippen molar-refractivity contribution in [2.45, 2.75) is 18.9 Å². The van der Waals surface area contributed by atoms with Crippen molar-refractivity contribution in [3.63, 3.8) is 0 Å². The monoisotopic (exact) mass is 422 g/mol. The number of amides is 1. The lowest BCUT2D eigenvalue weighted by atomic mass is 10.1. The van der Waals surface area contributed by atoms with E-state index in [4.69, 9.17) is 11.6 Å². The van der Waals surface area contributed by atoms with E-state index in [2.05, 4.69) is 21.2 Å². The molecule has 2 heterocycles. The maximum atomic E-state index is 12.6. The third-order valence-corrected chi connectivity index (χ3v) is 5.31. The van der Waals surface area contributed by atoms with Crippen LogP contribution in [0.15, 0.2) is 24.3 Å². The maximum absolute atomic E-state index is 12.6. The number of nitrogens with zero attached hydrogens (tertiary/aromatic N) is 3. The van der Waals surface area contributed by atoms with Gasteiger partial charge in [0.2, 0.25) is 5.91 Å². The minimum atomic E-state index is 0. The number of piperidine rings is 1. The summed E-state index contributed by atoms with van der Waals surface area (Å²) in [6.07, 6.45) is 2.38. The number of anilines is 1. The Morgan fingerprint density at radius 1 is 1.19 bits per heavy atom. The Labute approximate surface area is 173 Å². The molecule has 1 atom stereocenters. The first-order valence-corrected chi connectivity index (χ1v) is 9.21. The van der Waals surface area contributed by atoms with Crippen molar-refractivity contribution in [2.24, 2.45) is 0 Å². The second kappa shape index (κ2) is 11.2. The van der Waals surface area contributed by atoms with Gasteiger partial charge in [0.1, 0.15) is 0 Å². The van der Waals surface area contributed by atoms with Crippen LogP contribution in [0.25, 0.3) is 0 Å². The quantitative estimate of drug-likeness (QED) is 0.808. The van der Waals surface area contributed by atoms with Crippen LogP contribution in [0.5, 0.6) is 0 Å². The Hall–Kier alpha value is -0.720. The lowest BCUT2D eigenvalue weighted by molar-refractivity contribution is -0.133. The number of carbonyl (C=O) groups is 1. The van der Waals surface area contributed by atoms with E-state index in [9.17, 15) is 4.79 Å². The minimum Gasteiger partial charge on any atom is -0.368 e. The molecule has 0 spiro atoms. The van der Waals surface area contributed by atoms with Crippen molar-refractivity contribution in [3.05, 3.63) is 29.3 Å². The van der Waals surface area contributed by atoms with Crippen molar-refractivity contribution in [3.8, 4) is 0 Å². The summed E-state index contributed by atoms with van der Waals surface area (Å²) in [5, 5.41) is 4.09. The summed E-state index contributed by atoms with van der Waals surface area (Å²) < 4.78 is 0. The predicted octanol–water partition coefficient (Wildman–Crippen LogP) is 2.52. The lowest BCUT2D eigenvalue weighted by Crippen LogP contribution is -2.53. The van der Waals surface area contributed by atoms with Crippen LogP contribution >= 0.6 is 36.4 Å². The van der Waals surface area contributed by atoms with Gasteiger partial charge in [0.25, 0.3) is 0 Å². The van der Waals surface area contributed by atoms with Gasteiger partial charge in [-0.3, -0.25) is 9.69 Å². The highest BCUT2D eigenvalue weighted by atomic mass is 35.5. The predicted molar refractivity (Wildman–Crippen MR) is 113 cm³/mol. The van der Waals surface area contributed by atoms with Crippen molar-refractivity contribution in [1.29, 1.82) is 0 Å². The summed E-state index contributed by atoms with van der Waals surface area (Å²) in [4.78, 5) is 19.2. The molecule has 2 fully saturated rings. The van der Waals surface area contributed by atoms with Crippen molar-refractivity contribution in [1.82, 2.24) is 15.1 Å². The first kappa shape index (κ1) is 23.3. The topological polar surface area (TPSA) is 38.8 Å². The van der Waals surface area contributed by atoms with Crippen molar-refractivity contribution < 1.29 is 4.79 Å². The van der Waals surface area contributed by atoms with E-state index >= 15 is 0 Å². The summed E-state index contributed by atoms with van der Waals surface area (Å²) in [5.41, 5.74) is 1.14. The van der Waals surface area contributed by atoms with Crippen LogP contribution in [0, 0.1) is 0 Å². The molecule has 1 unspecified atom stereocenters. The zero-order valence-electron chi connectivity index (χ0n) is 15.2. The Bertz CT molecular complexity index is 567. The molecule has 2 saturated heterocycles. The van der Waals surface area contributed by atoms with Gasteiger partial charge in [-0.05, 0) is 44.6 Å². The molecular formula is C18H29Cl3N4O. The number of rotatable bonds is 4. The molecule has 148 valence electrons. The summed E-state index contributed by atoms with van der Waals surface area (Å²) in [6.45, 7) is 5.87. The van der Waals surface area contributed by atoms with Gasteiger partial charge in [-0.1, -0.05) is 17.7 Å². The molecule has 1 N–H and O–H groups in total. The zero-order chi connectivity index (χ0) is 16.9. The molecular weight excluding hydrogens is 395 g/mol. The van der Waals surface area contributed by atoms with E-state index < -0.39 is 0 Å². The molecule has 0 saturated carbocycles. The van der Waals surface area contributed by atoms with Gasteiger partial charge in [-0.25, -0.2) is 0 Å². The number of nitrogens with one attached hydrogen (secondary N) is 1. The van der Waals surface area contributed by atoms with E-state index in [1.165, 1.54) is 12.8 Å². The highest BCUT2D eigenvalue weighted by Crippen LogP contribution is 2.21. The summed E-state index contributed by atoms with van der Waals surface area (Å²) in [5.74, 6) is 0.262. The van der Waals surface area contributed by atoms with Gasteiger partial charge in [-0.15, -0.1) is 24.8 Å². The number of benzene rings is 1. The van der Waals surface area contributed by atoms with Crippen LogP contribution in [-0.2, 0) is 4.79 Å². The normalized spacial score (nSPS) is 20.9. The van der Waals surface area contributed by atoms with E-state index in [1.807, 2.05) is 30.1 Å². The fraction of sp³-hybridized carbons (Fsp3) is 0.611. The second-order valence-corrected chi connectivity index (χ2v) is 7.15. The van der Waals surface area contributed by atoms with Gasteiger partial charge in [0.05, 0.1) is 6.54 Å². The van der Waals surface area contributed by atoms with Crippen LogP contribution in [0.3, 0.4) is 0 Å². The van der Waals surface area contributed by atoms with Gasteiger partial charge in [0.15, 0.2) is 0 Å².